The molecule has 3 aromatic carbocycles. The van der Waals surface area contributed by atoms with Crippen molar-refractivity contribution in [1.82, 2.24) is 9.97 Å². The number of hydrogen-bond acceptors (Lipinski definition) is 8. The average Bonchev–Trinajstić information content (AvgIpc) is 3.94. The van der Waals surface area contributed by atoms with Crippen molar-refractivity contribution in [3.8, 4) is 0 Å². The van der Waals surface area contributed by atoms with Gasteiger partial charge in [0.05, 0.1) is 22.5 Å². The first-order valence-corrected chi connectivity index (χ1v) is 16.7. The minimum atomic E-state index is -0.426. The zero-order valence-electron chi connectivity index (χ0n) is 28.8. The minimum Gasteiger partial charge on any atom is -0.381 e. The fraction of sp³-hybridized carbons (Fsp3) is 0.300. The summed E-state index contributed by atoms with van der Waals surface area (Å²) in [6, 6.07) is 24.9. The molecule has 3 aliphatic rings. The van der Waals surface area contributed by atoms with Gasteiger partial charge in [-0.05, 0) is 91.4 Å². The number of nitrogens with zero attached hydrogens (tertiary/aromatic N) is 5. The van der Waals surface area contributed by atoms with Crippen LogP contribution in [0, 0.1) is 0 Å². The predicted octanol–water partition coefficient (Wildman–Crippen LogP) is 7.34. The molecule has 0 N–H and O–H groups in total. The molecule has 0 aliphatic carbocycles. The lowest BCUT2D eigenvalue weighted by Gasteiger charge is -2.13. The Kier molecular flexibility index (Phi) is 12.4. The number of ether oxygens (including phenoxy) is 2. The van der Waals surface area contributed by atoms with Gasteiger partial charge in [0, 0.05) is 66.0 Å². The Bertz CT molecular complexity index is 1620. The minimum absolute atomic E-state index is 0.0499. The first-order chi connectivity index (χ1) is 23.8. The van der Waals surface area contributed by atoms with Gasteiger partial charge >= 0.3 is 0 Å². The highest BCUT2D eigenvalue weighted by atomic mass is 16.5. The molecule has 3 aliphatic heterocycles. The maximum absolute atomic E-state index is 13.1. The number of carbonyl (C=O) groups is 2. The van der Waals surface area contributed by atoms with E-state index in [2.05, 4.69) is 9.97 Å². The van der Waals surface area contributed by atoms with Crippen molar-refractivity contribution in [2.45, 2.75) is 25.7 Å². The first-order valence-electron chi connectivity index (χ1n) is 16.7. The van der Waals surface area contributed by atoms with Gasteiger partial charge in [-0.2, -0.15) is 0 Å². The molecular weight excluding hydrogens is 614 g/mol. The third-order valence-corrected chi connectivity index (χ3v) is 8.11. The van der Waals surface area contributed by atoms with E-state index in [9.17, 15) is 9.59 Å². The molecule has 0 atom stereocenters. The highest BCUT2D eigenvalue weighted by molar-refractivity contribution is 6.33. The second-order valence-electron chi connectivity index (χ2n) is 12.3. The molecule has 49 heavy (non-hydrogen) atoms. The van der Waals surface area contributed by atoms with Crippen molar-refractivity contribution in [1.29, 1.82) is 0 Å². The lowest BCUT2D eigenvalue weighted by atomic mass is 10.1. The Morgan fingerprint density at radius 1 is 0.571 bits per heavy atom. The molecule has 0 spiro atoms. The van der Waals surface area contributed by atoms with Crippen molar-refractivity contribution >= 4 is 53.4 Å². The number of hydrogen-bond donors (Lipinski definition) is 0. The maximum Gasteiger partial charge on any atom is 0.268 e. The molecule has 9 heteroatoms. The van der Waals surface area contributed by atoms with E-state index in [4.69, 9.17) is 9.47 Å². The van der Waals surface area contributed by atoms with E-state index in [0.29, 0.717) is 22.5 Å². The summed E-state index contributed by atoms with van der Waals surface area (Å²) in [6.45, 7) is 4.00. The molecule has 4 heterocycles. The molecular formula is C40H45N5O4. The van der Waals surface area contributed by atoms with Crippen molar-refractivity contribution in [2.75, 3.05) is 69.3 Å². The summed E-state index contributed by atoms with van der Waals surface area (Å²) in [4.78, 5) is 40.6. The number of carbonyl (C=O) groups excluding carboxylic acids is 2. The van der Waals surface area contributed by atoms with Crippen molar-refractivity contribution in [3.63, 3.8) is 0 Å². The molecule has 2 fully saturated rings. The predicted molar refractivity (Wildman–Crippen MR) is 199 cm³/mol. The van der Waals surface area contributed by atoms with Crippen LogP contribution in [0.15, 0.2) is 78.9 Å². The summed E-state index contributed by atoms with van der Waals surface area (Å²) in [5, 5.41) is 0. The van der Waals surface area contributed by atoms with Crippen LogP contribution in [-0.4, -0.2) is 76.4 Å². The molecule has 2 saturated heterocycles. The van der Waals surface area contributed by atoms with Crippen LogP contribution >= 0.6 is 0 Å². The van der Waals surface area contributed by atoms with Gasteiger partial charge in [-0.1, -0.05) is 48.6 Å². The number of anilines is 3. The summed E-state index contributed by atoms with van der Waals surface area (Å²) in [6.07, 6.45) is 12.7. The fourth-order valence-electron chi connectivity index (χ4n) is 5.26. The molecule has 0 bridgehead atoms. The topological polar surface area (TPSA) is 88.1 Å². The quantitative estimate of drug-likeness (QED) is 0.191. The normalized spacial score (nSPS) is 15.2. The number of rotatable bonds is 7. The van der Waals surface area contributed by atoms with Gasteiger partial charge in [-0.25, -0.2) is 14.9 Å². The molecule has 9 nitrogen and oxygen atoms in total. The molecule has 4 aromatic rings. The number of benzene rings is 3. The van der Waals surface area contributed by atoms with Crippen molar-refractivity contribution in [2.24, 2.45) is 0 Å². The van der Waals surface area contributed by atoms with Crippen molar-refractivity contribution in [3.05, 3.63) is 113 Å². The van der Waals surface area contributed by atoms with Gasteiger partial charge in [0.1, 0.15) is 0 Å². The van der Waals surface area contributed by atoms with Gasteiger partial charge in [-0.3, -0.25) is 9.59 Å². The van der Waals surface area contributed by atoms with Gasteiger partial charge in [0.15, 0.2) is 0 Å². The monoisotopic (exact) mass is 659 g/mol. The summed E-state index contributed by atoms with van der Waals surface area (Å²) >= 11 is 0. The van der Waals surface area contributed by atoms with Crippen LogP contribution in [0.5, 0.6) is 0 Å². The van der Waals surface area contributed by atoms with E-state index in [-0.39, 0.29) is 5.95 Å². The average molecular weight is 660 g/mol. The summed E-state index contributed by atoms with van der Waals surface area (Å²) in [7, 11) is 7.99. The third-order valence-electron chi connectivity index (χ3n) is 8.11. The Balaban J connectivity index is 0.000000400. The Morgan fingerprint density at radius 2 is 0.959 bits per heavy atom. The second kappa shape index (κ2) is 17.3. The van der Waals surface area contributed by atoms with E-state index >= 15 is 0 Å². The van der Waals surface area contributed by atoms with Gasteiger partial charge in [0.2, 0.25) is 5.95 Å². The Labute approximate surface area is 289 Å². The zero-order valence-corrected chi connectivity index (χ0v) is 28.8. The first kappa shape index (κ1) is 35.2. The lowest BCUT2D eigenvalue weighted by molar-refractivity contribution is 0.0923. The van der Waals surface area contributed by atoms with Crippen LogP contribution in [0.4, 0.5) is 17.3 Å². The van der Waals surface area contributed by atoms with Crippen LogP contribution in [-0.2, 0) is 9.47 Å². The molecule has 2 amide bonds. The van der Waals surface area contributed by atoms with Gasteiger partial charge < -0.3 is 19.3 Å². The SMILES string of the molecule is C1CCOC1.C1CCOC1.CN(C)c1ccc(/C=C/c2cc(/C=C/c3ccc(N(C)C)cc3)nc(N3C(=O)c4ccccc4C3=O)n2)cc1. The maximum atomic E-state index is 13.1. The van der Waals surface area contributed by atoms with E-state index in [0.717, 1.165) is 53.8 Å². The second-order valence-corrected chi connectivity index (χ2v) is 12.3. The standard InChI is InChI=1S/C32H29N5O2.2C4H8O/c1-35(2)26-17-11-22(12-18-26)9-15-24-21-25(16-10-23-13-19-27(20-14-23)36(3)4)34-32(33-24)37-30(38)28-7-5-6-8-29(28)31(37)39;2*1-2-4-5-3-1/h5-21H,1-4H3;2*1-4H2/b15-9+,16-10+;;. The van der Waals surface area contributed by atoms with Crippen LogP contribution < -0.4 is 14.7 Å². The number of fused-ring (bicyclic) bond motifs is 1. The summed E-state index contributed by atoms with van der Waals surface area (Å²) in [5.41, 5.74) is 6.07. The van der Waals surface area contributed by atoms with Gasteiger partial charge in [0.25, 0.3) is 11.8 Å². The molecule has 1 aromatic heterocycles. The fourth-order valence-corrected chi connectivity index (χ4v) is 5.26. The van der Waals surface area contributed by atoms with Crippen LogP contribution in [0.25, 0.3) is 24.3 Å². The van der Waals surface area contributed by atoms with E-state index in [1.54, 1.807) is 24.3 Å². The highest BCUT2D eigenvalue weighted by Crippen LogP contribution is 2.27. The van der Waals surface area contributed by atoms with E-state index in [1.165, 1.54) is 25.7 Å². The zero-order chi connectivity index (χ0) is 34.6. The molecule has 7 rings (SSSR count). The Morgan fingerprint density at radius 3 is 1.29 bits per heavy atom. The van der Waals surface area contributed by atoms with E-state index in [1.807, 2.05) is 117 Å². The summed E-state index contributed by atoms with van der Waals surface area (Å²) in [5.74, 6) is -0.802. The molecule has 0 radical (unpaired) electrons. The Hall–Kier alpha value is -5.12. The molecule has 0 unspecified atom stereocenters. The number of amides is 2. The van der Waals surface area contributed by atoms with Crippen molar-refractivity contribution < 1.29 is 19.1 Å². The largest absolute Gasteiger partial charge is 0.381 e. The van der Waals surface area contributed by atoms with E-state index < -0.39 is 11.8 Å². The third kappa shape index (κ3) is 9.72. The smallest absolute Gasteiger partial charge is 0.268 e. The van der Waals surface area contributed by atoms with Crippen LogP contribution in [0.2, 0.25) is 0 Å². The number of imide groups is 1. The highest BCUT2D eigenvalue weighted by Gasteiger charge is 2.38. The summed E-state index contributed by atoms with van der Waals surface area (Å²) < 4.78 is 9.89. The molecule has 254 valence electrons. The van der Waals surface area contributed by atoms with Gasteiger partial charge in [-0.15, -0.1) is 0 Å². The lowest BCUT2D eigenvalue weighted by Crippen LogP contribution is -2.31. The molecule has 0 saturated carbocycles. The van der Waals surface area contributed by atoms with Crippen LogP contribution in [0.3, 0.4) is 0 Å². The van der Waals surface area contributed by atoms with Crippen LogP contribution in [0.1, 0.15) is 68.9 Å². The number of aromatic nitrogens is 2.